The molecule has 0 spiro atoms. The Morgan fingerprint density at radius 1 is 1.05 bits per heavy atom. The van der Waals surface area contributed by atoms with E-state index in [4.69, 9.17) is 4.74 Å². The first-order valence-electron chi connectivity index (χ1n) is 14.3. The minimum absolute atomic E-state index is 0.0126. The van der Waals surface area contributed by atoms with Gasteiger partial charge in [0.1, 0.15) is 11.9 Å². The molecule has 0 bridgehead atoms. The third kappa shape index (κ3) is 7.86. The van der Waals surface area contributed by atoms with Crippen molar-refractivity contribution in [1.82, 2.24) is 15.1 Å². The Balaban J connectivity index is 1.52. The van der Waals surface area contributed by atoms with Crippen LogP contribution in [0.15, 0.2) is 72.8 Å². The van der Waals surface area contributed by atoms with E-state index >= 15 is 0 Å². The predicted octanol–water partition coefficient (Wildman–Crippen LogP) is 5.24. The van der Waals surface area contributed by atoms with Crippen molar-refractivity contribution in [2.24, 2.45) is 5.92 Å². The fraction of sp³-hybridized carbons (Fsp3) is 0.394. The van der Waals surface area contributed by atoms with Gasteiger partial charge in [0.05, 0.1) is 18.2 Å². The molecular formula is C33H42N4O4. The lowest BCUT2D eigenvalue weighted by molar-refractivity contribution is 0.0341. The fourth-order valence-corrected chi connectivity index (χ4v) is 5.06. The van der Waals surface area contributed by atoms with Gasteiger partial charge >= 0.3 is 6.03 Å². The molecule has 8 nitrogen and oxygen atoms in total. The summed E-state index contributed by atoms with van der Waals surface area (Å²) >= 11 is 0. The normalized spacial score (nSPS) is 17.9. The van der Waals surface area contributed by atoms with Gasteiger partial charge < -0.3 is 25.4 Å². The number of benzene rings is 3. The SMILES string of the molecule is CC(C)NC(=O)Nc1ccc2c(c1)C(=O)N([C@@H](C)CO)C[C@@H](C)[C@H](CN(C)Cc1ccc(-c3ccccc3)cc1)O2. The number of hydrogen-bond donors (Lipinski definition) is 3. The summed E-state index contributed by atoms with van der Waals surface area (Å²) in [5, 5.41) is 15.5. The minimum atomic E-state index is -0.363. The molecule has 218 valence electrons. The summed E-state index contributed by atoms with van der Waals surface area (Å²) in [6.45, 7) is 9.36. The van der Waals surface area contributed by atoms with Gasteiger partial charge in [0, 0.05) is 37.3 Å². The van der Waals surface area contributed by atoms with Crippen LogP contribution in [0, 0.1) is 5.92 Å². The van der Waals surface area contributed by atoms with Crippen molar-refractivity contribution in [3.63, 3.8) is 0 Å². The summed E-state index contributed by atoms with van der Waals surface area (Å²) in [6, 6.07) is 23.3. The molecule has 3 atom stereocenters. The summed E-state index contributed by atoms with van der Waals surface area (Å²) in [4.78, 5) is 29.9. The smallest absolute Gasteiger partial charge is 0.319 e. The number of fused-ring (bicyclic) bond motifs is 1. The average Bonchev–Trinajstić information content (AvgIpc) is 2.95. The fourth-order valence-electron chi connectivity index (χ4n) is 5.06. The highest BCUT2D eigenvalue weighted by atomic mass is 16.5. The average molecular weight is 559 g/mol. The van der Waals surface area contributed by atoms with Crippen LogP contribution in [-0.2, 0) is 6.54 Å². The number of aliphatic hydroxyl groups excluding tert-OH is 1. The van der Waals surface area contributed by atoms with E-state index in [1.165, 1.54) is 16.7 Å². The molecule has 3 amide bonds. The Labute approximate surface area is 243 Å². The van der Waals surface area contributed by atoms with E-state index in [9.17, 15) is 14.7 Å². The van der Waals surface area contributed by atoms with Crippen LogP contribution in [0.25, 0.3) is 11.1 Å². The second-order valence-electron chi connectivity index (χ2n) is 11.3. The first-order valence-corrected chi connectivity index (χ1v) is 14.3. The van der Waals surface area contributed by atoms with Crippen LogP contribution in [0.4, 0.5) is 10.5 Å². The highest BCUT2D eigenvalue weighted by Gasteiger charge is 2.33. The number of hydrogen-bond acceptors (Lipinski definition) is 5. The number of aliphatic hydroxyl groups is 1. The molecule has 4 rings (SSSR count). The van der Waals surface area contributed by atoms with Crippen molar-refractivity contribution in [2.45, 2.75) is 52.4 Å². The third-order valence-corrected chi connectivity index (χ3v) is 7.35. The van der Waals surface area contributed by atoms with Crippen molar-refractivity contribution in [3.05, 3.63) is 83.9 Å². The van der Waals surface area contributed by atoms with Crippen LogP contribution in [-0.4, -0.2) is 71.8 Å². The van der Waals surface area contributed by atoms with Gasteiger partial charge in [0.25, 0.3) is 5.91 Å². The summed E-state index contributed by atoms with van der Waals surface area (Å²) in [7, 11) is 2.07. The molecule has 0 saturated carbocycles. The zero-order chi connectivity index (χ0) is 29.5. The van der Waals surface area contributed by atoms with Crippen molar-refractivity contribution in [1.29, 1.82) is 0 Å². The largest absolute Gasteiger partial charge is 0.488 e. The quantitative estimate of drug-likeness (QED) is 0.334. The van der Waals surface area contributed by atoms with Gasteiger partial charge in [-0.3, -0.25) is 9.69 Å². The van der Waals surface area contributed by atoms with Crippen LogP contribution >= 0.6 is 0 Å². The van der Waals surface area contributed by atoms with Gasteiger partial charge in [-0.25, -0.2) is 4.79 Å². The first kappa shape index (κ1) is 30.1. The van der Waals surface area contributed by atoms with Crippen LogP contribution in [0.3, 0.4) is 0 Å². The van der Waals surface area contributed by atoms with E-state index in [2.05, 4.69) is 65.9 Å². The number of nitrogens with zero attached hydrogens (tertiary/aromatic N) is 2. The summed E-state index contributed by atoms with van der Waals surface area (Å²) in [5.74, 6) is 0.252. The van der Waals surface area contributed by atoms with Gasteiger partial charge in [-0.05, 0) is 62.7 Å². The second kappa shape index (κ2) is 13.7. The maximum Gasteiger partial charge on any atom is 0.319 e. The Hall–Kier alpha value is -3.88. The van der Waals surface area contributed by atoms with Gasteiger partial charge in [-0.1, -0.05) is 61.5 Å². The number of nitrogens with one attached hydrogen (secondary N) is 2. The minimum Gasteiger partial charge on any atom is -0.488 e. The summed E-state index contributed by atoms with van der Waals surface area (Å²) < 4.78 is 6.51. The number of ether oxygens (including phenoxy) is 1. The molecule has 3 N–H and O–H groups in total. The lowest BCUT2D eigenvalue weighted by Crippen LogP contribution is -2.49. The molecule has 3 aromatic rings. The summed E-state index contributed by atoms with van der Waals surface area (Å²) in [5.41, 5.74) is 4.44. The number of likely N-dealkylation sites (N-methyl/N-ethyl adjacent to an activating group) is 1. The maximum absolute atomic E-state index is 13.6. The topological polar surface area (TPSA) is 94.1 Å². The van der Waals surface area contributed by atoms with Gasteiger partial charge in [0.2, 0.25) is 0 Å². The maximum atomic E-state index is 13.6. The monoisotopic (exact) mass is 558 g/mol. The standard InChI is InChI=1S/C33H42N4O4/c1-22(2)34-33(40)35-28-15-16-30-29(17-28)32(39)37(24(4)21-38)18-23(3)31(41-30)20-36(5)19-25-11-13-27(14-12-25)26-9-7-6-8-10-26/h6-17,22-24,31,38H,18-21H2,1-5H3,(H2,34,35,40)/t23-,24+,31+/m1/s1. The van der Waals surface area contributed by atoms with Crippen molar-refractivity contribution in [3.8, 4) is 16.9 Å². The molecule has 0 aliphatic carbocycles. The highest BCUT2D eigenvalue weighted by Crippen LogP contribution is 2.31. The van der Waals surface area contributed by atoms with Crippen molar-refractivity contribution in [2.75, 3.05) is 32.1 Å². The molecule has 1 aliphatic heterocycles. The molecule has 0 unspecified atom stereocenters. The Bertz CT molecular complexity index is 1310. The van der Waals surface area contributed by atoms with E-state index in [1.54, 1.807) is 23.1 Å². The number of urea groups is 1. The highest BCUT2D eigenvalue weighted by molar-refractivity contribution is 5.99. The molecule has 41 heavy (non-hydrogen) atoms. The van der Waals surface area contributed by atoms with E-state index in [0.29, 0.717) is 30.1 Å². The Morgan fingerprint density at radius 2 is 1.73 bits per heavy atom. The van der Waals surface area contributed by atoms with Gasteiger partial charge in [-0.2, -0.15) is 0 Å². The van der Waals surface area contributed by atoms with Gasteiger partial charge in [0.15, 0.2) is 0 Å². The van der Waals surface area contributed by atoms with Crippen LogP contribution < -0.4 is 15.4 Å². The molecular weight excluding hydrogens is 516 g/mol. The molecule has 0 aromatic heterocycles. The molecule has 1 heterocycles. The Morgan fingerprint density at radius 3 is 2.39 bits per heavy atom. The van der Waals surface area contributed by atoms with E-state index in [1.807, 2.05) is 39.0 Å². The van der Waals surface area contributed by atoms with Crippen LogP contribution in [0.2, 0.25) is 0 Å². The zero-order valence-corrected chi connectivity index (χ0v) is 24.6. The number of amides is 3. The third-order valence-electron chi connectivity index (χ3n) is 7.35. The van der Waals surface area contributed by atoms with Crippen LogP contribution in [0.5, 0.6) is 5.75 Å². The molecule has 8 heteroatoms. The summed E-state index contributed by atoms with van der Waals surface area (Å²) in [6.07, 6.45) is -0.202. The lowest BCUT2D eigenvalue weighted by atomic mass is 9.99. The first-order chi connectivity index (χ1) is 19.6. The number of carbonyl (C=O) groups excluding carboxylic acids is 2. The number of carbonyl (C=O) groups is 2. The zero-order valence-electron chi connectivity index (χ0n) is 24.6. The Kier molecular flexibility index (Phi) is 10.0. The second-order valence-corrected chi connectivity index (χ2v) is 11.3. The molecule has 3 aromatic carbocycles. The molecule has 1 aliphatic rings. The van der Waals surface area contributed by atoms with Gasteiger partial charge in [-0.15, -0.1) is 0 Å². The van der Waals surface area contributed by atoms with E-state index < -0.39 is 0 Å². The number of anilines is 1. The predicted molar refractivity (Wildman–Crippen MR) is 163 cm³/mol. The van der Waals surface area contributed by atoms with E-state index in [0.717, 1.165) is 6.54 Å². The number of rotatable bonds is 9. The lowest BCUT2D eigenvalue weighted by Gasteiger charge is -2.38. The molecule has 0 radical (unpaired) electrons. The molecule has 0 fully saturated rings. The van der Waals surface area contributed by atoms with E-state index in [-0.39, 0.29) is 42.7 Å². The molecule has 0 saturated heterocycles. The van der Waals surface area contributed by atoms with Crippen LogP contribution in [0.1, 0.15) is 43.6 Å². The van der Waals surface area contributed by atoms with Crippen molar-refractivity contribution < 1.29 is 19.4 Å². The van der Waals surface area contributed by atoms with Crippen molar-refractivity contribution >= 4 is 17.6 Å².